The van der Waals surface area contributed by atoms with E-state index in [0.29, 0.717) is 6.42 Å². The lowest BCUT2D eigenvalue weighted by Gasteiger charge is -2.01. The molecule has 0 aliphatic heterocycles. The van der Waals surface area contributed by atoms with Crippen molar-refractivity contribution < 1.29 is 9.59 Å². The van der Waals surface area contributed by atoms with E-state index in [1.807, 2.05) is 0 Å². The van der Waals surface area contributed by atoms with Crippen LogP contribution in [0.3, 0.4) is 0 Å². The summed E-state index contributed by atoms with van der Waals surface area (Å²) in [6.45, 7) is 0. The minimum absolute atomic E-state index is 0.208. The van der Waals surface area contributed by atoms with Gasteiger partial charge in [0, 0.05) is 12.8 Å². The molecule has 0 heterocycles. The van der Waals surface area contributed by atoms with E-state index in [1.165, 1.54) is 44.9 Å². The lowest BCUT2D eigenvalue weighted by molar-refractivity contribution is -0.111. The Morgan fingerprint density at radius 1 is 0.765 bits per heavy atom. The third kappa shape index (κ3) is 15.6. The van der Waals surface area contributed by atoms with Crippen molar-refractivity contribution in [3.8, 4) is 0 Å². The molecule has 0 spiro atoms. The first-order valence-electron chi connectivity index (χ1n) is 6.89. The standard InChI is InChI=1S/C14H25ClO2/c15-14(17)12-10-8-6-4-2-1-3-5-7-9-11-13-16/h13H,1-12H2. The van der Waals surface area contributed by atoms with E-state index < -0.39 is 0 Å². The summed E-state index contributed by atoms with van der Waals surface area (Å²) >= 11 is 5.25. The van der Waals surface area contributed by atoms with Crippen molar-refractivity contribution in [1.29, 1.82) is 0 Å². The van der Waals surface area contributed by atoms with Gasteiger partial charge in [-0.2, -0.15) is 0 Å². The molecule has 0 fully saturated rings. The summed E-state index contributed by atoms with van der Waals surface area (Å²) in [5, 5.41) is -0.208. The first kappa shape index (κ1) is 16.6. The lowest BCUT2D eigenvalue weighted by Crippen LogP contribution is -1.86. The number of rotatable bonds is 13. The minimum atomic E-state index is -0.208. The number of carbonyl (C=O) groups excluding carboxylic acids is 2. The van der Waals surface area contributed by atoms with Crippen LogP contribution in [0.2, 0.25) is 0 Å². The van der Waals surface area contributed by atoms with Crippen molar-refractivity contribution in [2.24, 2.45) is 0 Å². The average molecular weight is 261 g/mol. The van der Waals surface area contributed by atoms with Gasteiger partial charge in [-0.15, -0.1) is 0 Å². The molecule has 0 aromatic heterocycles. The van der Waals surface area contributed by atoms with Gasteiger partial charge in [0.1, 0.15) is 6.29 Å². The quantitative estimate of drug-likeness (QED) is 0.275. The number of unbranched alkanes of at least 4 members (excludes halogenated alkanes) is 10. The van der Waals surface area contributed by atoms with Gasteiger partial charge in [0.25, 0.3) is 0 Å². The molecule has 0 amide bonds. The maximum Gasteiger partial charge on any atom is 0.221 e. The highest BCUT2D eigenvalue weighted by atomic mass is 35.5. The van der Waals surface area contributed by atoms with Gasteiger partial charge in [0.15, 0.2) is 0 Å². The molecule has 0 aliphatic carbocycles. The minimum Gasteiger partial charge on any atom is -0.303 e. The molecule has 17 heavy (non-hydrogen) atoms. The van der Waals surface area contributed by atoms with Crippen LogP contribution in [0.1, 0.15) is 77.0 Å². The van der Waals surface area contributed by atoms with Crippen LogP contribution in [0, 0.1) is 0 Å². The number of hydrogen-bond donors (Lipinski definition) is 0. The highest BCUT2D eigenvalue weighted by Gasteiger charge is 1.96. The second-order valence-electron chi connectivity index (χ2n) is 4.60. The van der Waals surface area contributed by atoms with Gasteiger partial charge in [0.05, 0.1) is 0 Å². The molecule has 100 valence electrons. The van der Waals surface area contributed by atoms with Crippen molar-refractivity contribution in [3.63, 3.8) is 0 Å². The van der Waals surface area contributed by atoms with Crippen LogP contribution < -0.4 is 0 Å². The van der Waals surface area contributed by atoms with Crippen LogP contribution in [-0.4, -0.2) is 11.5 Å². The van der Waals surface area contributed by atoms with E-state index in [9.17, 15) is 9.59 Å². The fraction of sp³-hybridized carbons (Fsp3) is 0.857. The summed E-state index contributed by atoms with van der Waals surface area (Å²) < 4.78 is 0. The molecule has 0 saturated heterocycles. The van der Waals surface area contributed by atoms with Gasteiger partial charge >= 0.3 is 0 Å². The van der Waals surface area contributed by atoms with Gasteiger partial charge in [-0.1, -0.05) is 51.4 Å². The summed E-state index contributed by atoms with van der Waals surface area (Å²) in [6.07, 6.45) is 14.2. The first-order chi connectivity index (χ1) is 8.27. The van der Waals surface area contributed by atoms with Gasteiger partial charge in [-0.3, -0.25) is 4.79 Å². The molecule has 0 rings (SSSR count). The van der Waals surface area contributed by atoms with Crippen molar-refractivity contribution in [1.82, 2.24) is 0 Å². The molecule has 0 saturated carbocycles. The Hall–Kier alpha value is -0.370. The van der Waals surface area contributed by atoms with E-state index in [2.05, 4.69) is 0 Å². The summed E-state index contributed by atoms with van der Waals surface area (Å²) in [6, 6.07) is 0. The van der Waals surface area contributed by atoms with E-state index >= 15 is 0 Å². The molecule has 0 aromatic rings. The van der Waals surface area contributed by atoms with E-state index in [-0.39, 0.29) is 5.24 Å². The zero-order valence-corrected chi connectivity index (χ0v) is 11.5. The summed E-state index contributed by atoms with van der Waals surface area (Å²) in [7, 11) is 0. The molecule has 3 heteroatoms. The molecule has 0 aromatic carbocycles. The van der Waals surface area contributed by atoms with Crippen molar-refractivity contribution >= 4 is 23.1 Å². The van der Waals surface area contributed by atoms with Crippen molar-refractivity contribution in [3.05, 3.63) is 0 Å². The fourth-order valence-electron chi connectivity index (χ4n) is 1.91. The molecule has 0 atom stereocenters. The van der Waals surface area contributed by atoms with Crippen LogP contribution in [0.15, 0.2) is 0 Å². The molecule has 0 unspecified atom stereocenters. The maximum atomic E-state index is 10.5. The fourth-order valence-corrected chi connectivity index (χ4v) is 2.04. The van der Waals surface area contributed by atoms with Crippen molar-refractivity contribution in [2.45, 2.75) is 77.0 Å². The Labute approximate surface area is 110 Å². The molecular weight excluding hydrogens is 236 g/mol. The van der Waals surface area contributed by atoms with Crippen LogP contribution in [0.5, 0.6) is 0 Å². The van der Waals surface area contributed by atoms with Gasteiger partial charge in [-0.25, -0.2) is 0 Å². The van der Waals surface area contributed by atoms with E-state index in [1.54, 1.807) is 0 Å². The average Bonchev–Trinajstić information content (AvgIpc) is 2.30. The second-order valence-corrected chi connectivity index (χ2v) is 5.02. The molecular formula is C14H25ClO2. The topological polar surface area (TPSA) is 34.1 Å². The predicted octanol–water partition coefficient (Wildman–Crippen LogP) is 4.63. The van der Waals surface area contributed by atoms with Gasteiger partial charge in [0.2, 0.25) is 5.24 Å². The van der Waals surface area contributed by atoms with E-state index in [4.69, 9.17) is 11.6 Å². The highest BCUT2D eigenvalue weighted by molar-refractivity contribution is 6.63. The SMILES string of the molecule is O=CCCCCCCCCCCCCC(=O)Cl. The molecule has 2 nitrogen and oxygen atoms in total. The number of aldehydes is 1. The number of halogens is 1. The summed E-state index contributed by atoms with van der Waals surface area (Å²) in [5.41, 5.74) is 0. The largest absolute Gasteiger partial charge is 0.303 e. The van der Waals surface area contributed by atoms with Crippen LogP contribution in [0.25, 0.3) is 0 Å². The Kier molecular flexibility index (Phi) is 13.4. The molecule has 0 N–H and O–H groups in total. The summed E-state index contributed by atoms with van der Waals surface area (Å²) in [5.74, 6) is 0. The zero-order chi connectivity index (χ0) is 12.8. The Balaban J connectivity index is 2.94. The molecule has 0 aliphatic rings. The smallest absolute Gasteiger partial charge is 0.221 e. The maximum absolute atomic E-state index is 10.5. The zero-order valence-electron chi connectivity index (χ0n) is 10.8. The van der Waals surface area contributed by atoms with Gasteiger partial charge in [-0.05, 0) is 24.4 Å². The van der Waals surface area contributed by atoms with Crippen LogP contribution in [0.4, 0.5) is 0 Å². The Morgan fingerprint density at radius 3 is 1.59 bits per heavy atom. The van der Waals surface area contributed by atoms with Crippen LogP contribution >= 0.6 is 11.6 Å². The Bertz CT molecular complexity index is 193. The number of carbonyl (C=O) groups is 2. The third-order valence-corrected chi connectivity index (χ3v) is 3.13. The molecule has 0 bridgehead atoms. The second kappa shape index (κ2) is 13.7. The van der Waals surface area contributed by atoms with E-state index in [0.717, 1.165) is 32.0 Å². The normalized spacial score (nSPS) is 10.4. The molecule has 0 radical (unpaired) electrons. The summed E-state index contributed by atoms with van der Waals surface area (Å²) in [4.78, 5) is 20.5. The first-order valence-corrected chi connectivity index (χ1v) is 7.27. The number of hydrogen-bond acceptors (Lipinski definition) is 2. The lowest BCUT2D eigenvalue weighted by atomic mass is 10.1. The van der Waals surface area contributed by atoms with Crippen LogP contribution in [-0.2, 0) is 9.59 Å². The highest BCUT2D eigenvalue weighted by Crippen LogP contribution is 2.12. The Morgan fingerprint density at radius 2 is 1.18 bits per heavy atom. The van der Waals surface area contributed by atoms with Crippen molar-refractivity contribution in [2.75, 3.05) is 0 Å². The van der Waals surface area contributed by atoms with Gasteiger partial charge < -0.3 is 4.79 Å². The monoisotopic (exact) mass is 260 g/mol. The third-order valence-electron chi connectivity index (χ3n) is 2.95. The predicted molar refractivity (Wildman–Crippen MR) is 72.3 cm³/mol.